The Kier molecular flexibility index (Phi) is 2.86. The van der Waals surface area contributed by atoms with Crippen molar-refractivity contribution in [3.63, 3.8) is 0 Å². The van der Waals surface area contributed by atoms with Gasteiger partial charge in [-0.05, 0) is 30.7 Å². The van der Waals surface area contributed by atoms with Gasteiger partial charge in [-0.25, -0.2) is 4.79 Å². The highest BCUT2D eigenvalue weighted by molar-refractivity contribution is 5.97. The van der Waals surface area contributed by atoms with Crippen LogP contribution in [0.2, 0.25) is 0 Å². The molecule has 1 amide bonds. The summed E-state index contributed by atoms with van der Waals surface area (Å²) in [7, 11) is 1.51. The Balaban J connectivity index is 3.20. The quantitative estimate of drug-likeness (QED) is 0.737. The molecule has 0 bridgehead atoms. The van der Waals surface area contributed by atoms with Crippen molar-refractivity contribution in [2.24, 2.45) is 0 Å². The van der Waals surface area contributed by atoms with Crippen LogP contribution < -0.4 is 5.32 Å². The zero-order chi connectivity index (χ0) is 10.7. The molecular weight excluding hydrogens is 182 g/mol. The van der Waals surface area contributed by atoms with Gasteiger partial charge in [-0.15, -0.1) is 0 Å². The molecule has 0 saturated heterocycles. The van der Waals surface area contributed by atoms with E-state index in [1.54, 1.807) is 13.0 Å². The molecule has 0 unspecified atom stereocenters. The third-order valence-electron chi connectivity index (χ3n) is 1.81. The van der Waals surface area contributed by atoms with E-state index in [0.29, 0.717) is 5.56 Å². The maximum Gasteiger partial charge on any atom is 0.335 e. The molecule has 0 atom stereocenters. The highest BCUT2D eigenvalue weighted by Gasteiger charge is 2.09. The number of aryl methyl sites for hydroxylation is 1. The number of carboxylic acids is 1. The first-order valence-corrected chi connectivity index (χ1v) is 4.11. The van der Waals surface area contributed by atoms with Gasteiger partial charge in [0.05, 0.1) is 5.56 Å². The summed E-state index contributed by atoms with van der Waals surface area (Å²) in [5, 5.41) is 11.2. The van der Waals surface area contributed by atoms with Crippen LogP contribution in [-0.2, 0) is 0 Å². The smallest absolute Gasteiger partial charge is 0.335 e. The number of carboxylic acid groups (broad SMARTS) is 1. The third kappa shape index (κ3) is 2.10. The summed E-state index contributed by atoms with van der Waals surface area (Å²) in [4.78, 5) is 21.9. The second-order valence-electron chi connectivity index (χ2n) is 2.97. The van der Waals surface area contributed by atoms with E-state index in [9.17, 15) is 9.59 Å². The Morgan fingerprint density at radius 1 is 1.21 bits per heavy atom. The van der Waals surface area contributed by atoms with Crippen molar-refractivity contribution in [1.82, 2.24) is 5.32 Å². The molecule has 14 heavy (non-hydrogen) atoms. The minimum atomic E-state index is -1.03. The number of rotatable bonds is 2. The molecule has 0 aliphatic carbocycles. The van der Waals surface area contributed by atoms with Gasteiger partial charge in [0.1, 0.15) is 0 Å². The van der Waals surface area contributed by atoms with Crippen LogP contribution in [0, 0.1) is 6.92 Å². The number of hydrogen-bond donors (Lipinski definition) is 2. The van der Waals surface area contributed by atoms with Gasteiger partial charge in [-0.1, -0.05) is 0 Å². The molecule has 0 radical (unpaired) electrons. The number of carbonyl (C=O) groups is 2. The van der Waals surface area contributed by atoms with Gasteiger partial charge in [-0.2, -0.15) is 0 Å². The van der Waals surface area contributed by atoms with Crippen LogP contribution in [-0.4, -0.2) is 24.0 Å². The summed E-state index contributed by atoms with van der Waals surface area (Å²) >= 11 is 0. The number of nitrogens with one attached hydrogen (secondary N) is 1. The van der Waals surface area contributed by atoms with E-state index in [1.807, 2.05) is 0 Å². The molecule has 0 spiro atoms. The zero-order valence-electron chi connectivity index (χ0n) is 8.00. The average Bonchev–Trinajstić information content (AvgIpc) is 2.15. The van der Waals surface area contributed by atoms with Crippen molar-refractivity contribution in [1.29, 1.82) is 0 Å². The van der Waals surface area contributed by atoms with E-state index in [1.165, 1.54) is 19.2 Å². The number of benzene rings is 1. The third-order valence-corrected chi connectivity index (χ3v) is 1.81. The molecule has 0 aliphatic heterocycles. The molecule has 1 rings (SSSR count). The Hall–Kier alpha value is -1.84. The molecular formula is C10H11NO3. The SMILES string of the molecule is CNC(=O)c1cc(C)cc(C(=O)O)c1. The first-order valence-electron chi connectivity index (χ1n) is 4.11. The first kappa shape index (κ1) is 10.2. The summed E-state index contributed by atoms with van der Waals surface area (Å²) in [6.45, 7) is 1.75. The van der Waals surface area contributed by atoms with E-state index in [0.717, 1.165) is 5.56 Å². The van der Waals surface area contributed by atoms with Gasteiger partial charge >= 0.3 is 5.97 Å². The Morgan fingerprint density at radius 2 is 1.79 bits per heavy atom. The van der Waals surface area contributed by atoms with Crippen LogP contribution in [0.1, 0.15) is 26.3 Å². The molecule has 0 heterocycles. The normalized spacial score (nSPS) is 9.57. The number of aromatic carboxylic acids is 1. The van der Waals surface area contributed by atoms with E-state index in [2.05, 4.69) is 5.32 Å². The van der Waals surface area contributed by atoms with Crippen LogP contribution in [0.15, 0.2) is 18.2 Å². The molecule has 74 valence electrons. The van der Waals surface area contributed by atoms with Crippen LogP contribution in [0.25, 0.3) is 0 Å². The van der Waals surface area contributed by atoms with Crippen LogP contribution in [0.4, 0.5) is 0 Å². The number of amides is 1. The molecule has 1 aromatic carbocycles. The van der Waals surface area contributed by atoms with Gasteiger partial charge in [0, 0.05) is 12.6 Å². The lowest BCUT2D eigenvalue weighted by molar-refractivity contribution is 0.0697. The second-order valence-corrected chi connectivity index (χ2v) is 2.97. The van der Waals surface area contributed by atoms with Crippen molar-refractivity contribution < 1.29 is 14.7 Å². The van der Waals surface area contributed by atoms with Gasteiger partial charge in [-0.3, -0.25) is 4.79 Å². The fraction of sp³-hybridized carbons (Fsp3) is 0.200. The Morgan fingerprint density at radius 3 is 2.29 bits per heavy atom. The lowest BCUT2D eigenvalue weighted by atomic mass is 10.1. The van der Waals surface area contributed by atoms with Crippen molar-refractivity contribution in [3.05, 3.63) is 34.9 Å². The van der Waals surface area contributed by atoms with Crippen molar-refractivity contribution in [3.8, 4) is 0 Å². The fourth-order valence-electron chi connectivity index (χ4n) is 1.18. The second kappa shape index (κ2) is 3.91. The van der Waals surface area contributed by atoms with Gasteiger partial charge in [0.15, 0.2) is 0 Å². The highest BCUT2D eigenvalue weighted by Crippen LogP contribution is 2.09. The molecule has 2 N–H and O–H groups in total. The van der Waals surface area contributed by atoms with Crippen LogP contribution >= 0.6 is 0 Å². The van der Waals surface area contributed by atoms with Crippen molar-refractivity contribution >= 4 is 11.9 Å². The summed E-state index contributed by atoms with van der Waals surface area (Å²) in [5.41, 5.74) is 1.25. The van der Waals surface area contributed by atoms with Gasteiger partial charge in [0.25, 0.3) is 5.91 Å². The van der Waals surface area contributed by atoms with E-state index >= 15 is 0 Å². The average molecular weight is 193 g/mol. The molecule has 1 aromatic rings. The Labute approximate surface area is 81.6 Å². The minimum Gasteiger partial charge on any atom is -0.478 e. The van der Waals surface area contributed by atoms with Crippen LogP contribution in [0.5, 0.6) is 0 Å². The monoisotopic (exact) mass is 193 g/mol. The maximum absolute atomic E-state index is 11.2. The van der Waals surface area contributed by atoms with E-state index in [-0.39, 0.29) is 11.5 Å². The largest absolute Gasteiger partial charge is 0.478 e. The van der Waals surface area contributed by atoms with E-state index < -0.39 is 5.97 Å². The Bertz CT molecular complexity index is 385. The molecule has 4 nitrogen and oxygen atoms in total. The number of carbonyl (C=O) groups excluding carboxylic acids is 1. The highest BCUT2D eigenvalue weighted by atomic mass is 16.4. The van der Waals surface area contributed by atoms with Crippen molar-refractivity contribution in [2.75, 3.05) is 7.05 Å². The molecule has 0 fully saturated rings. The summed E-state index contributed by atoms with van der Waals surface area (Å²) in [6.07, 6.45) is 0. The first-order chi connectivity index (χ1) is 6.54. The standard InChI is InChI=1S/C10H11NO3/c1-6-3-7(9(12)11-2)5-8(4-6)10(13)14/h3-5H,1-2H3,(H,11,12)(H,13,14). The summed E-state index contributed by atoms with van der Waals surface area (Å²) < 4.78 is 0. The van der Waals surface area contributed by atoms with Crippen LogP contribution in [0.3, 0.4) is 0 Å². The lowest BCUT2D eigenvalue weighted by Gasteiger charge is -2.03. The number of hydrogen-bond acceptors (Lipinski definition) is 2. The molecule has 0 aromatic heterocycles. The maximum atomic E-state index is 11.2. The topological polar surface area (TPSA) is 66.4 Å². The van der Waals surface area contributed by atoms with Gasteiger partial charge in [0.2, 0.25) is 0 Å². The molecule has 0 aliphatic rings. The van der Waals surface area contributed by atoms with Crippen molar-refractivity contribution in [2.45, 2.75) is 6.92 Å². The predicted octanol–water partition coefficient (Wildman–Crippen LogP) is 1.05. The summed E-state index contributed by atoms with van der Waals surface area (Å²) in [5.74, 6) is -1.31. The lowest BCUT2D eigenvalue weighted by Crippen LogP contribution is -2.18. The molecule has 4 heteroatoms. The van der Waals surface area contributed by atoms with E-state index in [4.69, 9.17) is 5.11 Å². The summed E-state index contributed by atoms with van der Waals surface area (Å²) in [6, 6.07) is 4.52. The fourth-order valence-corrected chi connectivity index (χ4v) is 1.18. The predicted molar refractivity (Wildman–Crippen MR) is 51.5 cm³/mol. The molecule has 0 saturated carbocycles. The minimum absolute atomic E-state index is 0.128. The zero-order valence-corrected chi connectivity index (χ0v) is 8.00. The van der Waals surface area contributed by atoms with Gasteiger partial charge < -0.3 is 10.4 Å².